The first-order chi connectivity index (χ1) is 7.99. The number of carbonyl (C=O) groups excluding carboxylic acids is 1. The number of rotatable bonds is 5. The summed E-state index contributed by atoms with van der Waals surface area (Å²) in [5.74, 6) is -0.0150. The number of nitrogens with two attached hydrogens (primary N) is 1. The van der Waals surface area contributed by atoms with E-state index < -0.39 is 5.41 Å². The second-order valence-corrected chi connectivity index (χ2v) is 5.51. The number of hydrogen-bond donors (Lipinski definition) is 2. The number of amides is 1. The highest BCUT2D eigenvalue weighted by atomic mass is 32.1. The second-order valence-electron chi connectivity index (χ2n) is 4.31. The molecular formula is C12H21N3OS. The smallest absolute Gasteiger partial charge is 0.233 e. The van der Waals surface area contributed by atoms with Crippen molar-refractivity contribution < 1.29 is 4.79 Å². The zero-order valence-corrected chi connectivity index (χ0v) is 11.8. The predicted molar refractivity (Wildman–Crippen MR) is 72.3 cm³/mol. The molecule has 1 aromatic rings. The van der Waals surface area contributed by atoms with E-state index in [1.165, 1.54) is 11.3 Å². The first-order valence-electron chi connectivity index (χ1n) is 5.94. The Labute approximate surface area is 107 Å². The Kier molecular flexibility index (Phi) is 4.65. The fraction of sp³-hybridized carbons (Fsp3) is 0.667. The summed E-state index contributed by atoms with van der Waals surface area (Å²) < 4.78 is 0. The number of nitrogens with zero attached hydrogens (tertiary/aromatic N) is 1. The molecule has 1 aromatic heterocycles. The fourth-order valence-electron chi connectivity index (χ4n) is 1.71. The monoisotopic (exact) mass is 255 g/mol. The first kappa shape index (κ1) is 14.1. The van der Waals surface area contributed by atoms with Crippen molar-refractivity contribution in [1.82, 2.24) is 4.98 Å². The van der Waals surface area contributed by atoms with Crippen LogP contribution >= 0.6 is 11.3 Å². The standard InChI is InChI=1S/C12H21N3OS/c1-5-12(6-2,7-13)10(16)15-11-14-8(3)9(4)17-11/h5-7,13H2,1-4H3,(H,14,15,16). The SMILES string of the molecule is CCC(CC)(CN)C(=O)Nc1nc(C)c(C)s1. The first-order valence-corrected chi connectivity index (χ1v) is 6.76. The molecular weight excluding hydrogens is 234 g/mol. The normalized spacial score (nSPS) is 11.6. The summed E-state index contributed by atoms with van der Waals surface area (Å²) in [6, 6.07) is 0. The fourth-order valence-corrected chi connectivity index (χ4v) is 2.52. The van der Waals surface area contributed by atoms with Crippen molar-refractivity contribution >= 4 is 22.4 Å². The van der Waals surface area contributed by atoms with Gasteiger partial charge in [0.25, 0.3) is 0 Å². The lowest BCUT2D eigenvalue weighted by Gasteiger charge is -2.27. The van der Waals surface area contributed by atoms with Crippen LogP contribution in [0, 0.1) is 19.3 Å². The summed E-state index contributed by atoms with van der Waals surface area (Å²) in [5, 5.41) is 3.56. The van der Waals surface area contributed by atoms with Gasteiger partial charge in [-0.25, -0.2) is 4.98 Å². The molecule has 0 aromatic carbocycles. The summed E-state index contributed by atoms with van der Waals surface area (Å²) in [4.78, 5) is 17.7. The van der Waals surface area contributed by atoms with Crippen LogP contribution in [-0.4, -0.2) is 17.4 Å². The number of thiazole rings is 1. The molecule has 0 fully saturated rings. The molecule has 0 bridgehead atoms. The van der Waals surface area contributed by atoms with Crippen molar-refractivity contribution in [3.8, 4) is 0 Å². The lowest BCUT2D eigenvalue weighted by molar-refractivity contribution is -0.125. The molecule has 0 saturated carbocycles. The third-order valence-electron chi connectivity index (χ3n) is 3.47. The van der Waals surface area contributed by atoms with Gasteiger partial charge in [-0.2, -0.15) is 0 Å². The Morgan fingerprint density at radius 3 is 2.35 bits per heavy atom. The average molecular weight is 255 g/mol. The topological polar surface area (TPSA) is 68.0 Å². The van der Waals surface area contributed by atoms with E-state index in [9.17, 15) is 4.79 Å². The summed E-state index contributed by atoms with van der Waals surface area (Å²) in [7, 11) is 0. The zero-order chi connectivity index (χ0) is 13.1. The molecule has 0 radical (unpaired) electrons. The van der Waals surface area contributed by atoms with Crippen molar-refractivity contribution in [3.05, 3.63) is 10.6 Å². The summed E-state index contributed by atoms with van der Waals surface area (Å²) in [6.07, 6.45) is 1.49. The maximum Gasteiger partial charge on any atom is 0.233 e. The van der Waals surface area contributed by atoms with Crippen molar-refractivity contribution in [1.29, 1.82) is 0 Å². The quantitative estimate of drug-likeness (QED) is 0.849. The maximum atomic E-state index is 12.2. The molecule has 17 heavy (non-hydrogen) atoms. The third-order valence-corrected chi connectivity index (χ3v) is 4.46. The van der Waals surface area contributed by atoms with E-state index >= 15 is 0 Å². The molecule has 0 aliphatic rings. The molecule has 3 N–H and O–H groups in total. The highest BCUT2D eigenvalue weighted by Crippen LogP contribution is 2.28. The molecule has 0 aliphatic carbocycles. The zero-order valence-electron chi connectivity index (χ0n) is 11.0. The van der Waals surface area contributed by atoms with Crippen LogP contribution in [0.4, 0.5) is 5.13 Å². The Morgan fingerprint density at radius 1 is 1.41 bits per heavy atom. The Bertz CT molecular complexity index is 369. The molecule has 1 heterocycles. The van der Waals surface area contributed by atoms with Crippen LogP contribution in [0.5, 0.6) is 0 Å². The molecule has 0 saturated heterocycles. The van der Waals surface area contributed by atoms with E-state index in [4.69, 9.17) is 5.73 Å². The van der Waals surface area contributed by atoms with E-state index in [1.54, 1.807) is 0 Å². The molecule has 1 amide bonds. The second kappa shape index (κ2) is 5.60. The molecule has 0 atom stereocenters. The van der Waals surface area contributed by atoms with Crippen LogP contribution in [0.1, 0.15) is 37.3 Å². The summed E-state index contributed by atoms with van der Waals surface area (Å²) in [6.45, 7) is 8.30. The third kappa shape index (κ3) is 2.84. The minimum absolute atomic E-state index is 0.0150. The van der Waals surface area contributed by atoms with Crippen molar-refractivity contribution in [2.24, 2.45) is 11.1 Å². The van der Waals surface area contributed by atoms with Gasteiger partial charge in [-0.05, 0) is 26.7 Å². The molecule has 0 spiro atoms. The highest BCUT2D eigenvalue weighted by molar-refractivity contribution is 7.15. The van der Waals surface area contributed by atoms with Crippen LogP contribution < -0.4 is 11.1 Å². The van der Waals surface area contributed by atoms with Crippen LogP contribution in [-0.2, 0) is 4.79 Å². The van der Waals surface area contributed by atoms with Crippen molar-refractivity contribution in [2.45, 2.75) is 40.5 Å². The van der Waals surface area contributed by atoms with Crippen LogP contribution in [0.15, 0.2) is 0 Å². The van der Waals surface area contributed by atoms with E-state index in [2.05, 4.69) is 10.3 Å². The lowest BCUT2D eigenvalue weighted by Crippen LogP contribution is -2.41. The van der Waals surface area contributed by atoms with E-state index in [1.807, 2.05) is 27.7 Å². The molecule has 4 nitrogen and oxygen atoms in total. The van der Waals surface area contributed by atoms with E-state index in [0.717, 1.165) is 23.4 Å². The maximum absolute atomic E-state index is 12.2. The predicted octanol–water partition coefficient (Wildman–Crippen LogP) is 2.46. The minimum Gasteiger partial charge on any atom is -0.329 e. The molecule has 0 unspecified atom stereocenters. The van der Waals surface area contributed by atoms with Gasteiger partial charge in [-0.1, -0.05) is 13.8 Å². The Balaban J connectivity index is 2.84. The molecule has 1 rings (SSSR count). The number of nitrogens with one attached hydrogen (secondary N) is 1. The van der Waals surface area contributed by atoms with E-state index in [-0.39, 0.29) is 5.91 Å². The molecule has 0 aliphatic heterocycles. The molecule has 5 heteroatoms. The van der Waals surface area contributed by atoms with Gasteiger partial charge in [0.05, 0.1) is 11.1 Å². The average Bonchev–Trinajstić information content (AvgIpc) is 2.61. The van der Waals surface area contributed by atoms with Crippen LogP contribution in [0.25, 0.3) is 0 Å². The number of anilines is 1. The summed E-state index contributed by atoms with van der Waals surface area (Å²) in [5.41, 5.74) is 6.24. The van der Waals surface area contributed by atoms with Crippen molar-refractivity contribution in [2.75, 3.05) is 11.9 Å². The van der Waals surface area contributed by atoms with Gasteiger partial charge in [0.1, 0.15) is 0 Å². The summed E-state index contributed by atoms with van der Waals surface area (Å²) >= 11 is 1.51. The van der Waals surface area contributed by atoms with Gasteiger partial charge in [-0.3, -0.25) is 4.79 Å². The number of aryl methyl sites for hydroxylation is 2. The van der Waals surface area contributed by atoms with Crippen molar-refractivity contribution in [3.63, 3.8) is 0 Å². The Hall–Kier alpha value is -0.940. The largest absolute Gasteiger partial charge is 0.329 e. The van der Waals surface area contributed by atoms with Crippen LogP contribution in [0.2, 0.25) is 0 Å². The highest BCUT2D eigenvalue weighted by Gasteiger charge is 2.33. The number of hydrogen-bond acceptors (Lipinski definition) is 4. The number of carbonyl (C=O) groups is 1. The van der Waals surface area contributed by atoms with Gasteiger partial charge in [0.2, 0.25) is 5.91 Å². The molecule has 96 valence electrons. The van der Waals surface area contributed by atoms with E-state index in [0.29, 0.717) is 11.7 Å². The van der Waals surface area contributed by atoms with Gasteiger partial charge in [0, 0.05) is 11.4 Å². The van der Waals surface area contributed by atoms with Gasteiger partial charge < -0.3 is 11.1 Å². The van der Waals surface area contributed by atoms with Gasteiger partial charge in [0.15, 0.2) is 5.13 Å². The van der Waals surface area contributed by atoms with Gasteiger partial charge in [-0.15, -0.1) is 11.3 Å². The minimum atomic E-state index is -0.465. The van der Waals surface area contributed by atoms with Gasteiger partial charge >= 0.3 is 0 Å². The lowest BCUT2D eigenvalue weighted by atomic mass is 9.81. The number of aromatic nitrogens is 1. The Morgan fingerprint density at radius 2 is 2.00 bits per heavy atom. The van der Waals surface area contributed by atoms with Crippen LogP contribution in [0.3, 0.4) is 0 Å².